The number of para-hydroxylation sites is 1. The summed E-state index contributed by atoms with van der Waals surface area (Å²) in [7, 11) is 0. The van der Waals surface area contributed by atoms with Crippen LogP contribution in [0.5, 0.6) is 11.5 Å². The quantitative estimate of drug-likeness (QED) is 0.520. The van der Waals surface area contributed by atoms with Crippen molar-refractivity contribution in [3.05, 3.63) is 59.1 Å². The Morgan fingerprint density at radius 1 is 0.900 bits per heavy atom. The Kier molecular flexibility index (Phi) is 7.16. The molecule has 2 fully saturated rings. The van der Waals surface area contributed by atoms with Crippen LogP contribution in [0, 0.1) is 5.92 Å². The van der Waals surface area contributed by atoms with Crippen LogP contribution in [0.3, 0.4) is 0 Å². The zero-order valence-electron chi connectivity index (χ0n) is 17.4. The molecule has 1 aliphatic heterocycles. The number of amides is 1. The molecule has 0 N–H and O–H groups in total. The molecule has 0 bridgehead atoms. The Bertz CT molecular complexity index is 836. The molecule has 1 aliphatic carbocycles. The van der Waals surface area contributed by atoms with Crippen molar-refractivity contribution < 1.29 is 14.3 Å². The van der Waals surface area contributed by atoms with Crippen LogP contribution in [-0.2, 0) is 11.2 Å². The molecular formula is C25H30ClNO3. The minimum atomic E-state index is 0.0514. The molecule has 1 heterocycles. The molecule has 1 saturated carbocycles. The second-order valence-electron chi connectivity index (χ2n) is 8.28. The fourth-order valence-electron chi connectivity index (χ4n) is 4.59. The van der Waals surface area contributed by atoms with Gasteiger partial charge in [0.2, 0.25) is 5.91 Å². The molecule has 160 valence electrons. The normalized spacial score (nSPS) is 19.8. The molecular weight excluding hydrogens is 398 g/mol. The van der Waals surface area contributed by atoms with Gasteiger partial charge in [0.1, 0.15) is 24.7 Å². The molecule has 1 saturated heterocycles. The molecule has 4 nitrogen and oxygen atoms in total. The maximum absolute atomic E-state index is 12.9. The van der Waals surface area contributed by atoms with Crippen molar-refractivity contribution in [3.8, 4) is 11.5 Å². The van der Waals surface area contributed by atoms with E-state index in [1.165, 1.54) is 32.1 Å². The van der Waals surface area contributed by atoms with Gasteiger partial charge >= 0.3 is 0 Å². The van der Waals surface area contributed by atoms with Crippen molar-refractivity contribution in [1.82, 2.24) is 4.90 Å². The van der Waals surface area contributed by atoms with Gasteiger partial charge < -0.3 is 14.4 Å². The van der Waals surface area contributed by atoms with Crippen LogP contribution in [0.1, 0.15) is 44.1 Å². The van der Waals surface area contributed by atoms with E-state index >= 15 is 0 Å². The number of benzene rings is 2. The monoisotopic (exact) mass is 427 g/mol. The molecule has 0 spiro atoms. The summed E-state index contributed by atoms with van der Waals surface area (Å²) in [4.78, 5) is 15.1. The lowest BCUT2D eigenvalue weighted by Gasteiger charge is -2.31. The molecule has 2 aliphatic rings. The molecule has 0 radical (unpaired) electrons. The first kappa shape index (κ1) is 21.0. The summed E-state index contributed by atoms with van der Waals surface area (Å²) in [6.45, 7) is 1.81. The molecule has 0 aromatic heterocycles. The van der Waals surface area contributed by atoms with E-state index in [-0.39, 0.29) is 5.92 Å². The van der Waals surface area contributed by atoms with E-state index < -0.39 is 0 Å². The van der Waals surface area contributed by atoms with E-state index in [0.29, 0.717) is 36.6 Å². The Morgan fingerprint density at radius 3 is 2.37 bits per heavy atom. The largest absolute Gasteiger partial charge is 0.490 e. The highest BCUT2D eigenvalue weighted by atomic mass is 35.5. The zero-order valence-corrected chi connectivity index (χ0v) is 18.2. The van der Waals surface area contributed by atoms with Crippen molar-refractivity contribution in [2.75, 3.05) is 19.8 Å². The average molecular weight is 428 g/mol. The summed E-state index contributed by atoms with van der Waals surface area (Å²) in [5.74, 6) is 1.92. The molecule has 30 heavy (non-hydrogen) atoms. The van der Waals surface area contributed by atoms with Crippen molar-refractivity contribution in [1.29, 1.82) is 0 Å². The second-order valence-corrected chi connectivity index (χ2v) is 8.68. The van der Waals surface area contributed by atoms with Gasteiger partial charge in [0.15, 0.2) is 0 Å². The summed E-state index contributed by atoms with van der Waals surface area (Å²) < 4.78 is 11.4. The van der Waals surface area contributed by atoms with E-state index in [9.17, 15) is 4.79 Å². The SMILES string of the molecule is O=C1C(Cc2ccc(OCCOc3ccccc3)cc2Cl)CCN1C1CCCCC1. The van der Waals surface area contributed by atoms with Crippen molar-refractivity contribution in [2.24, 2.45) is 5.92 Å². The molecule has 2 aromatic carbocycles. The average Bonchev–Trinajstić information content (AvgIpc) is 3.14. The third-order valence-electron chi connectivity index (χ3n) is 6.22. The van der Waals surface area contributed by atoms with Gasteiger partial charge in [-0.25, -0.2) is 0 Å². The predicted molar refractivity (Wildman–Crippen MR) is 119 cm³/mol. The third-order valence-corrected chi connectivity index (χ3v) is 6.57. The zero-order chi connectivity index (χ0) is 20.8. The maximum atomic E-state index is 12.9. The van der Waals surface area contributed by atoms with Gasteiger partial charge in [-0.1, -0.05) is 55.1 Å². The number of likely N-dealkylation sites (tertiary alicyclic amines) is 1. The molecule has 1 amide bonds. The topological polar surface area (TPSA) is 38.8 Å². The molecule has 5 heteroatoms. The minimum Gasteiger partial charge on any atom is -0.490 e. The van der Waals surface area contributed by atoms with Crippen LogP contribution in [0.4, 0.5) is 0 Å². The van der Waals surface area contributed by atoms with Crippen LogP contribution in [-0.4, -0.2) is 36.6 Å². The standard InChI is InChI=1S/C25H30ClNO3/c26-24-18-23(30-16-15-29-22-9-5-2-6-10-22)12-11-19(24)17-20-13-14-27(25(20)28)21-7-3-1-4-8-21/h2,5-6,9-12,18,20-21H,1,3-4,7-8,13-17H2. The fraction of sp³-hybridized carbons (Fsp3) is 0.480. The van der Waals surface area contributed by atoms with Crippen LogP contribution in [0.25, 0.3) is 0 Å². The highest BCUT2D eigenvalue weighted by molar-refractivity contribution is 6.31. The first-order valence-electron chi connectivity index (χ1n) is 11.1. The number of carbonyl (C=O) groups excluding carboxylic acids is 1. The van der Waals surface area contributed by atoms with Gasteiger partial charge in [-0.05, 0) is 55.5 Å². The lowest BCUT2D eigenvalue weighted by atomic mass is 9.94. The number of ether oxygens (including phenoxy) is 2. The van der Waals surface area contributed by atoms with Crippen LogP contribution in [0.15, 0.2) is 48.5 Å². The number of hydrogen-bond acceptors (Lipinski definition) is 3. The van der Waals surface area contributed by atoms with Crippen molar-refractivity contribution >= 4 is 17.5 Å². The second kappa shape index (κ2) is 10.2. The van der Waals surface area contributed by atoms with Gasteiger partial charge in [-0.15, -0.1) is 0 Å². The maximum Gasteiger partial charge on any atom is 0.226 e. The molecule has 1 atom stereocenters. The summed E-state index contributed by atoms with van der Waals surface area (Å²) >= 11 is 6.51. The number of carbonyl (C=O) groups is 1. The van der Waals surface area contributed by atoms with Gasteiger partial charge in [0, 0.05) is 23.5 Å². The van der Waals surface area contributed by atoms with Gasteiger partial charge in [0.05, 0.1) is 0 Å². The Morgan fingerprint density at radius 2 is 1.63 bits per heavy atom. The number of hydrogen-bond donors (Lipinski definition) is 0. The van der Waals surface area contributed by atoms with Crippen molar-refractivity contribution in [2.45, 2.75) is 51.0 Å². The highest BCUT2D eigenvalue weighted by Gasteiger charge is 2.36. The first-order valence-corrected chi connectivity index (χ1v) is 11.5. The van der Waals surface area contributed by atoms with Crippen LogP contribution in [0.2, 0.25) is 5.02 Å². The number of halogens is 1. The number of rotatable bonds is 8. The van der Waals surface area contributed by atoms with E-state index in [1.807, 2.05) is 48.5 Å². The van der Waals surface area contributed by atoms with E-state index in [1.54, 1.807) is 0 Å². The Balaban J connectivity index is 1.26. The summed E-state index contributed by atoms with van der Waals surface area (Å²) in [6, 6.07) is 15.9. The van der Waals surface area contributed by atoms with E-state index in [4.69, 9.17) is 21.1 Å². The van der Waals surface area contributed by atoms with Gasteiger partial charge in [0.25, 0.3) is 0 Å². The highest BCUT2D eigenvalue weighted by Crippen LogP contribution is 2.32. The smallest absolute Gasteiger partial charge is 0.226 e. The number of nitrogens with zero attached hydrogens (tertiary/aromatic N) is 1. The third kappa shape index (κ3) is 5.28. The van der Waals surface area contributed by atoms with Crippen LogP contribution < -0.4 is 9.47 Å². The predicted octanol–water partition coefficient (Wildman–Crippen LogP) is 5.52. The summed E-state index contributed by atoms with van der Waals surface area (Å²) in [6.07, 6.45) is 7.79. The summed E-state index contributed by atoms with van der Waals surface area (Å²) in [5, 5.41) is 0.667. The fourth-order valence-corrected chi connectivity index (χ4v) is 4.84. The first-order chi connectivity index (χ1) is 14.7. The van der Waals surface area contributed by atoms with Crippen LogP contribution >= 0.6 is 11.6 Å². The van der Waals surface area contributed by atoms with Crippen molar-refractivity contribution in [3.63, 3.8) is 0 Å². The van der Waals surface area contributed by atoms with E-state index in [2.05, 4.69) is 4.90 Å². The lowest BCUT2D eigenvalue weighted by molar-refractivity contribution is -0.133. The van der Waals surface area contributed by atoms with Gasteiger partial charge in [-0.2, -0.15) is 0 Å². The molecule has 1 unspecified atom stereocenters. The lowest BCUT2D eigenvalue weighted by Crippen LogP contribution is -2.39. The minimum absolute atomic E-state index is 0.0514. The Hall–Kier alpha value is -2.20. The molecule has 4 rings (SSSR count). The Labute approximate surface area is 184 Å². The van der Waals surface area contributed by atoms with Gasteiger partial charge in [-0.3, -0.25) is 4.79 Å². The van der Waals surface area contributed by atoms with E-state index in [0.717, 1.165) is 30.0 Å². The summed E-state index contributed by atoms with van der Waals surface area (Å²) in [5.41, 5.74) is 1.02. The molecule has 2 aromatic rings.